The van der Waals surface area contributed by atoms with Gasteiger partial charge in [-0.2, -0.15) is 0 Å². The summed E-state index contributed by atoms with van der Waals surface area (Å²) in [4.78, 5) is 26.5. The van der Waals surface area contributed by atoms with Gasteiger partial charge in [0.1, 0.15) is 0 Å². The molecule has 2 N–H and O–H groups in total. The fraction of sp³-hybridized carbons (Fsp3) is 0.579. The van der Waals surface area contributed by atoms with E-state index in [0.29, 0.717) is 12.5 Å². The van der Waals surface area contributed by atoms with Crippen LogP contribution in [-0.2, 0) is 9.59 Å². The van der Waals surface area contributed by atoms with E-state index in [2.05, 4.69) is 17.6 Å². The molecule has 1 heterocycles. The normalized spacial score (nSPS) is 15.8. The van der Waals surface area contributed by atoms with Crippen molar-refractivity contribution in [1.29, 1.82) is 0 Å². The van der Waals surface area contributed by atoms with Crippen molar-refractivity contribution in [3.05, 3.63) is 35.9 Å². The van der Waals surface area contributed by atoms with E-state index in [1.807, 2.05) is 35.2 Å². The molecule has 140 valence electrons. The van der Waals surface area contributed by atoms with Gasteiger partial charge in [-0.25, -0.2) is 0 Å². The minimum absolute atomic E-state index is 0. The van der Waals surface area contributed by atoms with Crippen LogP contribution in [0.1, 0.15) is 51.1 Å². The number of nitrogens with zero attached hydrogens (tertiary/aromatic N) is 1. The van der Waals surface area contributed by atoms with Gasteiger partial charge >= 0.3 is 0 Å². The standard InChI is InChI=1S/C19H29N3O2.ClH/c1-3-13-22(17-9-11-20-12-10-17)19(24)14-18(21-15(2)23)16-7-5-4-6-8-16;/h4-8,17-18,20H,3,9-14H2,1-2H3,(H,21,23);1H. The Hall–Kier alpha value is -1.59. The molecule has 0 aliphatic carbocycles. The highest BCUT2D eigenvalue weighted by Gasteiger charge is 2.27. The van der Waals surface area contributed by atoms with Crippen molar-refractivity contribution in [2.45, 2.75) is 51.6 Å². The number of hydrogen-bond donors (Lipinski definition) is 2. The third-order valence-corrected chi connectivity index (χ3v) is 4.49. The molecule has 0 bridgehead atoms. The molecule has 1 aromatic rings. The molecule has 5 nitrogen and oxygen atoms in total. The summed E-state index contributed by atoms with van der Waals surface area (Å²) < 4.78 is 0. The van der Waals surface area contributed by atoms with Gasteiger partial charge in [0.05, 0.1) is 12.5 Å². The van der Waals surface area contributed by atoms with Crippen LogP contribution < -0.4 is 10.6 Å². The molecule has 1 fully saturated rings. The first-order chi connectivity index (χ1) is 11.6. The lowest BCUT2D eigenvalue weighted by atomic mass is 10.00. The summed E-state index contributed by atoms with van der Waals surface area (Å²) in [6.07, 6.45) is 3.27. The van der Waals surface area contributed by atoms with Crippen molar-refractivity contribution >= 4 is 24.2 Å². The van der Waals surface area contributed by atoms with Gasteiger partial charge in [-0.3, -0.25) is 9.59 Å². The number of piperidine rings is 1. The molecule has 1 saturated heterocycles. The van der Waals surface area contributed by atoms with E-state index in [-0.39, 0.29) is 30.3 Å². The zero-order chi connectivity index (χ0) is 17.4. The Morgan fingerprint density at radius 2 is 1.88 bits per heavy atom. The molecule has 0 saturated carbocycles. The summed E-state index contributed by atoms with van der Waals surface area (Å²) >= 11 is 0. The molecular formula is C19H30ClN3O2. The van der Waals surface area contributed by atoms with Crippen LogP contribution in [0.25, 0.3) is 0 Å². The highest BCUT2D eigenvalue weighted by molar-refractivity contribution is 5.85. The van der Waals surface area contributed by atoms with E-state index in [4.69, 9.17) is 0 Å². The molecule has 1 atom stereocenters. The van der Waals surface area contributed by atoms with Crippen LogP contribution in [0.4, 0.5) is 0 Å². The molecular weight excluding hydrogens is 338 g/mol. The van der Waals surface area contributed by atoms with Gasteiger partial charge < -0.3 is 15.5 Å². The Kier molecular flexibility index (Phi) is 9.53. The quantitative estimate of drug-likeness (QED) is 0.778. The van der Waals surface area contributed by atoms with E-state index in [1.54, 1.807) is 0 Å². The van der Waals surface area contributed by atoms with Gasteiger partial charge in [0.2, 0.25) is 11.8 Å². The largest absolute Gasteiger partial charge is 0.349 e. The van der Waals surface area contributed by atoms with Crippen molar-refractivity contribution in [3.63, 3.8) is 0 Å². The van der Waals surface area contributed by atoms with Crippen LogP contribution in [0.15, 0.2) is 30.3 Å². The number of carbonyl (C=O) groups excluding carboxylic acids is 2. The molecule has 1 aliphatic rings. The average Bonchev–Trinajstić information content (AvgIpc) is 2.60. The summed E-state index contributed by atoms with van der Waals surface area (Å²) in [5.41, 5.74) is 0.975. The third-order valence-electron chi connectivity index (χ3n) is 4.49. The topological polar surface area (TPSA) is 61.4 Å². The Morgan fingerprint density at radius 3 is 2.44 bits per heavy atom. The van der Waals surface area contributed by atoms with Crippen LogP contribution in [0.2, 0.25) is 0 Å². The van der Waals surface area contributed by atoms with Crippen molar-refractivity contribution in [3.8, 4) is 0 Å². The molecule has 2 amide bonds. The van der Waals surface area contributed by atoms with E-state index < -0.39 is 0 Å². The summed E-state index contributed by atoms with van der Waals surface area (Å²) in [6.45, 7) is 6.31. The molecule has 0 aromatic heterocycles. The van der Waals surface area contributed by atoms with Gasteiger partial charge in [-0.05, 0) is 37.9 Å². The number of nitrogens with one attached hydrogen (secondary N) is 2. The van der Waals surface area contributed by atoms with Crippen molar-refractivity contribution < 1.29 is 9.59 Å². The first kappa shape index (κ1) is 21.5. The second-order valence-electron chi connectivity index (χ2n) is 6.44. The molecule has 0 spiro atoms. The number of amides is 2. The zero-order valence-electron chi connectivity index (χ0n) is 15.2. The molecule has 1 aromatic carbocycles. The highest BCUT2D eigenvalue weighted by atomic mass is 35.5. The van der Waals surface area contributed by atoms with Gasteiger partial charge in [0, 0.05) is 19.5 Å². The smallest absolute Gasteiger partial charge is 0.225 e. The molecule has 1 aliphatic heterocycles. The zero-order valence-corrected chi connectivity index (χ0v) is 16.0. The van der Waals surface area contributed by atoms with E-state index >= 15 is 0 Å². The Morgan fingerprint density at radius 1 is 1.24 bits per heavy atom. The highest BCUT2D eigenvalue weighted by Crippen LogP contribution is 2.21. The van der Waals surface area contributed by atoms with Crippen LogP contribution in [0, 0.1) is 0 Å². The van der Waals surface area contributed by atoms with Gasteiger partial charge in [-0.15, -0.1) is 12.4 Å². The second kappa shape index (κ2) is 11.1. The Bertz CT molecular complexity index is 533. The maximum absolute atomic E-state index is 13.0. The summed E-state index contributed by atoms with van der Waals surface area (Å²) in [5, 5.41) is 6.28. The van der Waals surface area contributed by atoms with Crippen LogP contribution in [0.3, 0.4) is 0 Å². The Balaban J connectivity index is 0.00000312. The molecule has 6 heteroatoms. The first-order valence-corrected chi connectivity index (χ1v) is 8.94. The number of carbonyl (C=O) groups is 2. The summed E-state index contributed by atoms with van der Waals surface area (Å²) in [7, 11) is 0. The molecule has 0 radical (unpaired) electrons. The fourth-order valence-electron chi connectivity index (χ4n) is 3.34. The van der Waals surface area contributed by atoms with E-state index in [1.165, 1.54) is 6.92 Å². The van der Waals surface area contributed by atoms with Gasteiger partial charge in [-0.1, -0.05) is 37.3 Å². The lowest BCUT2D eigenvalue weighted by Crippen LogP contribution is -2.47. The van der Waals surface area contributed by atoms with Crippen LogP contribution >= 0.6 is 12.4 Å². The van der Waals surface area contributed by atoms with E-state index in [9.17, 15) is 9.59 Å². The summed E-state index contributed by atoms with van der Waals surface area (Å²) in [5.74, 6) is 0.0203. The van der Waals surface area contributed by atoms with Crippen molar-refractivity contribution in [1.82, 2.24) is 15.5 Å². The number of benzene rings is 1. The molecule has 2 rings (SSSR count). The second-order valence-corrected chi connectivity index (χ2v) is 6.44. The number of halogens is 1. The predicted molar refractivity (Wildman–Crippen MR) is 103 cm³/mol. The maximum atomic E-state index is 13.0. The maximum Gasteiger partial charge on any atom is 0.225 e. The van der Waals surface area contributed by atoms with Crippen molar-refractivity contribution in [2.24, 2.45) is 0 Å². The van der Waals surface area contributed by atoms with Crippen LogP contribution in [-0.4, -0.2) is 42.4 Å². The van der Waals surface area contributed by atoms with E-state index in [0.717, 1.165) is 44.5 Å². The minimum Gasteiger partial charge on any atom is -0.349 e. The monoisotopic (exact) mass is 367 g/mol. The lowest BCUT2D eigenvalue weighted by molar-refractivity contribution is -0.135. The molecule has 1 unspecified atom stereocenters. The lowest BCUT2D eigenvalue weighted by Gasteiger charge is -2.35. The van der Waals surface area contributed by atoms with Gasteiger partial charge in [0.15, 0.2) is 0 Å². The average molecular weight is 368 g/mol. The number of hydrogen-bond acceptors (Lipinski definition) is 3. The Labute approximate surface area is 157 Å². The first-order valence-electron chi connectivity index (χ1n) is 8.94. The fourth-order valence-corrected chi connectivity index (χ4v) is 3.34. The van der Waals surface area contributed by atoms with Crippen LogP contribution in [0.5, 0.6) is 0 Å². The minimum atomic E-state index is -0.266. The third kappa shape index (κ3) is 6.67. The summed E-state index contributed by atoms with van der Waals surface area (Å²) in [6, 6.07) is 9.78. The molecule has 25 heavy (non-hydrogen) atoms. The van der Waals surface area contributed by atoms with Crippen molar-refractivity contribution in [2.75, 3.05) is 19.6 Å². The predicted octanol–water partition coefficient (Wildman–Crippen LogP) is 2.67. The van der Waals surface area contributed by atoms with Gasteiger partial charge in [0.25, 0.3) is 0 Å². The number of rotatable bonds is 7. The SMILES string of the molecule is CCCN(C(=O)CC(NC(C)=O)c1ccccc1)C1CCNCC1.Cl.